The molecule has 0 aliphatic heterocycles. The quantitative estimate of drug-likeness (QED) is 0.652. The molecule has 1 N–H and O–H groups in total. The van der Waals surface area contributed by atoms with E-state index in [1.807, 2.05) is 16.8 Å². The van der Waals surface area contributed by atoms with Gasteiger partial charge in [0.1, 0.15) is 0 Å². The summed E-state index contributed by atoms with van der Waals surface area (Å²) >= 11 is 1.56. The molecule has 0 fully saturated rings. The van der Waals surface area contributed by atoms with E-state index in [0.717, 1.165) is 5.56 Å². The van der Waals surface area contributed by atoms with Gasteiger partial charge in [-0.1, -0.05) is 10.4 Å². The van der Waals surface area contributed by atoms with Crippen LogP contribution in [0.25, 0.3) is 23.0 Å². The van der Waals surface area contributed by atoms with E-state index >= 15 is 0 Å². The van der Waals surface area contributed by atoms with E-state index in [9.17, 15) is 4.79 Å². The summed E-state index contributed by atoms with van der Waals surface area (Å²) in [5.74, 6) is 0.771. The lowest BCUT2D eigenvalue weighted by Gasteiger charge is -2.04. The van der Waals surface area contributed by atoms with Gasteiger partial charge < -0.3 is 14.6 Å². The first-order valence-corrected chi connectivity index (χ1v) is 8.23. The molecular formula is C14H16N6O3S. The van der Waals surface area contributed by atoms with Crippen molar-refractivity contribution < 1.29 is 14.1 Å². The third-order valence-corrected chi connectivity index (χ3v) is 3.84. The average molecular weight is 348 g/mol. The molecule has 0 aliphatic rings. The predicted octanol–water partition coefficient (Wildman–Crippen LogP) is 1.21. The maximum absolute atomic E-state index is 11.5. The SMILES string of the molecule is COCCC(=O)NCCn1cc(-c2nc(-c3ccsc3)no2)nn1. The minimum atomic E-state index is -0.0607. The molecule has 0 atom stereocenters. The Kier molecular flexibility index (Phi) is 5.29. The highest BCUT2D eigenvalue weighted by atomic mass is 32.1. The summed E-state index contributed by atoms with van der Waals surface area (Å²) in [6, 6.07) is 1.92. The van der Waals surface area contributed by atoms with E-state index in [4.69, 9.17) is 9.26 Å². The van der Waals surface area contributed by atoms with Crippen molar-refractivity contribution in [1.82, 2.24) is 30.5 Å². The van der Waals surface area contributed by atoms with Gasteiger partial charge in [0.05, 0.1) is 19.3 Å². The van der Waals surface area contributed by atoms with Crippen LogP contribution >= 0.6 is 11.3 Å². The predicted molar refractivity (Wildman–Crippen MR) is 86.1 cm³/mol. The fraction of sp³-hybridized carbons (Fsp3) is 0.357. The maximum atomic E-state index is 11.5. The van der Waals surface area contributed by atoms with Crippen molar-refractivity contribution in [2.45, 2.75) is 13.0 Å². The zero-order valence-electron chi connectivity index (χ0n) is 13.0. The average Bonchev–Trinajstić information content (AvgIpc) is 3.31. The first-order valence-electron chi connectivity index (χ1n) is 7.28. The number of carbonyl (C=O) groups is 1. The van der Waals surface area contributed by atoms with E-state index in [1.54, 1.807) is 29.3 Å². The number of methoxy groups -OCH3 is 1. The molecular weight excluding hydrogens is 332 g/mol. The van der Waals surface area contributed by atoms with Gasteiger partial charge in [-0.2, -0.15) is 16.3 Å². The summed E-state index contributed by atoms with van der Waals surface area (Å²) in [6.45, 7) is 1.36. The molecule has 3 rings (SSSR count). The van der Waals surface area contributed by atoms with E-state index in [0.29, 0.717) is 43.5 Å². The number of hydrogen-bond acceptors (Lipinski definition) is 8. The largest absolute Gasteiger partial charge is 0.384 e. The third kappa shape index (κ3) is 4.03. The van der Waals surface area contributed by atoms with Gasteiger partial charge in [-0.15, -0.1) is 5.10 Å². The van der Waals surface area contributed by atoms with Gasteiger partial charge in [0.25, 0.3) is 5.89 Å². The summed E-state index contributed by atoms with van der Waals surface area (Å²) < 4.78 is 11.7. The Morgan fingerprint density at radius 3 is 3.21 bits per heavy atom. The summed E-state index contributed by atoms with van der Waals surface area (Å²) in [7, 11) is 1.56. The Bertz CT molecular complexity index is 782. The Morgan fingerprint density at radius 2 is 2.42 bits per heavy atom. The topological polar surface area (TPSA) is 108 Å². The second-order valence-corrected chi connectivity index (χ2v) is 5.67. The lowest BCUT2D eigenvalue weighted by molar-refractivity contribution is -0.121. The van der Waals surface area contributed by atoms with Crippen molar-refractivity contribution in [3.05, 3.63) is 23.0 Å². The van der Waals surface area contributed by atoms with Crippen LogP contribution in [0.1, 0.15) is 6.42 Å². The van der Waals surface area contributed by atoms with Crippen LogP contribution in [0.3, 0.4) is 0 Å². The van der Waals surface area contributed by atoms with E-state index in [2.05, 4.69) is 25.8 Å². The molecule has 3 aromatic heterocycles. The van der Waals surface area contributed by atoms with Gasteiger partial charge in [0, 0.05) is 31.0 Å². The lowest BCUT2D eigenvalue weighted by Crippen LogP contribution is -2.28. The minimum Gasteiger partial charge on any atom is -0.384 e. The first kappa shape index (κ1) is 16.3. The van der Waals surface area contributed by atoms with Crippen molar-refractivity contribution >= 4 is 17.2 Å². The van der Waals surface area contributed by atoms with Crippen molar-refractivity contribution in [3.8, 4) is 23.0 Å². The number of carbonyl (C=O) groups excluding carboxylic acids is 1. The second-order valence-electron chi connectivity index (χ2n) is 4.89. The Hall–Kier alpha value is -2.59. The van der Waals surface area contributed by atoms with Crippen LogP contribution in [0.5, 0.6) is 0 Å². The molecule has 1 amide bonds. The number of amides is 1. The van der Waals surface area contributed by atoms with Gasteiger partial charge >= 0.3 is 0 Å². The van der Waals surface area contributed by atoms with Crippen molar-refractivity contribution in [2.24, 2.45) is 0 Å². The van der Waals surface area contributed by atoms with Crippen LogP contribution in [0.4, 0.5) is 0 Å². The van der Waals surface area contributed by atoms with Gasteiger partial charge in [-0.05, 0) is 11.4 Å². The van der Waals surface area contributed by atoms with Crippen LogP contribution in [-0.4, -0.2) is 51.3 Å². The molecule has 0 aliphatic carbocycles. The van der Waals surface area contributed by atoms with Crippen LogP contribution in [0.15, 0.2) is 27.5 Å². The van der Waals surface area contributed by atoms with Crippen LogP contribution in [-0.2, 0) is 16.1 Å². The minimum absolute atomic E-state index is 0.0607. The van der Waals surface area contributed by atoms with Crippen LogP contribution in [0.2, 0.25) is 0 Å². The van der Waals surface area contributed by atoms with E-state index in [-0.39, 0.29) is 5.91 Å². The molecule has 0 bridgehead atoms. The second kappa shape index (κ2) is 7.79. The van der Waals surface area contributed by atoms with Gasteiger partial charge in [0.2, 0.25) is 11.7 Å². The molecule has 24 heavy (non-hydrogen) atoms. The normalized spacial score (nSPS) is 10.9. The number of ether oxygens (including phenoxy) is 1. The summed E-state index contributed by atoms with van der Waals surface area (Å²) in [6.07, 6.45) is 2.04. The molecule has 0 saturated heterocycles. The molecule has 3 aromatic rings. The van der Waals surface area contributed by atoms with E-state index < -0.39 is 0 Å². The van der Waals surface area contributed by atoms with Crippen LogP contribution < -0.4 is 5.32 Å². The van der Waals surface area contributed by atoms with Gasteiger partial charge in [-0.3, -0.25) is 4.79 Å². The fourth-order valence-corrected chi connectivity index (χ4v) is 2.57. The maximum Gasteiger partial charge on any atom is 0.280 e. The Labute approximate surface area is 141 Å². The number of hydrogen-bond donors (Lipinski definition) is 1. The summed E-state index contributed by atoms with van der Waals surface area (Å²) in [4.78, 5) is 15.8. The monoisotopic (exact) mass is 348 g/mol. The molecule has 0 aromatic carbocycles. The van der Waals surface area contributed by atoms with Crippen LogP contribution in [0, 0.1) is 0 Å². The number of thiophene rings is 1. The molecule has 3 heterocycles. The number of rotatable bonds is 8. The highest BCUT2D eigenvalue weighted by Gasteiger charge is 2.14. The molecule has 126 valence electrons. The third-order valence-electron chi connectivity index (χ3n) is 3.16. The van der Waals surface area contributed by atoms with Gasteiger partial charge in [-0.25, -0.2) is 4.68 Å². The fourth-order valence-electron chi connectivity index (χ4n) is 1.94. The zero-order valence-corrected chi connectivity index (χ0v) is 13.8. The van der Waals surface area contributed by atoms with Crippen molar-refractivity contribution in [1.29, 1.82) is 0 Å². The van der Waals surface area contributed by atoms with E-state index in [1.165, 1.54) is 0 Å². The summed E-state index contributed by atoms with van der Waals surface area (Å²) in [5, 5.41) is 18.6. The lowest BCUT2D eigenvalue weighted by atomic mass is 10.3. The van der Waals surface area contributed by atoms with Crippen molar-refractivity contribution in [3.63, 3.8) is 0 Å². The van der Waals surface area contributed by atoms with Gasteiger partial charge in [0.15, 0.2) is 5.69 Å². The standard InChI is InChI=1S/C14H16N6O3S/c1-22-6-2-12(21)15-4-5-20-8-11(17-19-20)14-16-13(18-23-14)10-3-7-24-9-10/h3,7-9H,2,4-6H2,1H3,(H,15,21). The molecule has 10 heteroatoms. The molecule has 9 nitrogen and oxygen atoms in total. The number of nitrogens with one attached hydrogen (secondary N) is 1. The smallest absolute Gasteiger partial charge is 0.280 e. The number of aromatic nitrogens is 5. The van der Waals surface area contributed by atoms with Crippen molar-refractivity contribution in [2.75, 3.05) is 20.3 Å². The molecule has 0 unspecified atom stereocenters. The first-order chi connectivity index (χ1) is 11.8. The molecule has 0 saturated carbocycles. The Morgan fingerprint density at radius 1 is 1.50 bits per heavy atom. The molecule has 0 radical (unpaired) electrons. The number of nitrogens with zero attached hydrogens (tertiary/aromatic N) is 5. The zero-order chi connectivity index (χ0) is 16.8. The summed E-state index contributed by atoms with van der Waals surface area (Å²) in [5.41, 5.74) is 1.40. The highest BCUT2D eigenvalue weighted by Crippen LogP contribution is 2.22. The Balaban J connectivity index is 1.55. The molecule has 0 spiro atoms. The highest BCUT2D eigenvalue weighted by molar-refractivity contribution is 7.08.